The first-order valence-electron chi connectivity index (χ1n) is 5.08. The molecule has 0 aromatic rings. The fraction of sp³-hybridized carbons (Fsp3) is 0.800. The molecule has 0 saturated heterocycles. The molecule has 16 heavy (non-hydrogen) atoms. The summed E-state index contributed by atoms with van der Waals surface area (Å²) in [7, 11) is 1.24. The van der Waals surface area contributed by atoms with Gasteiger partial charge in [0.05, 0.1) is 12.6 Å². The highest BCUT2D eigenvalue weighted by Gasteiger charge is 2.44. The maximum atomic E-state index is 11.3. The summed E-state index contributed by atoms with van der Waals surface area (Å²) in [6.45, 7) is 5.49. The van der Waals surface area contributed by atoms with Crippen molar-refractivity contribution in [2.45, 2.75) is 38.0 Å². The Morgan fingerprint density at radius 1 is 1.50 bits per heavy atom. The molecule has 94 valence electrons. The number of carbonyl (C=O) groups excluding carboxylic acids is 1. The molecule has 0 saturated carbocycles. The van der Waals surface area contributed by atoms with E-state index in [4.69, 9.17) is 5.11 Å². The Hall–Kier alpha value is -0.910. The zero-order valence-electron chi connectivity index (χ0n) is 9.98. The van der Waals surface area contributed by atoms with Crippen molar-refractivity contribution in [2.24, 2.45) is 5.92 Å². The fourth-order valence-electron chi connectivity index (χ4n) is 1.68. The Morgan fingerprint density at radius 2 is 2.00 bits per heavy atom. The Kier molecular flexibility index (Phi) is 5.64. The Morgan fingerprint density at radius 3 is 2.25 bits per heavy atom. The SMILES string of the molecule is CCC(NC(=O)OC)(C(C)C)C(S)C(=O)O. The number of amides is 1. The zero-order chi connectivity index (χ0) is 12.9. The first-order chi connectivity index (χ1) is 7.31. The predicted octanol–water partition coefficient (Wildman–Crippen LogP) is 1.53. The topological polar surface area (TPSA) is 75.6 Å². The van der Waals surface area contributed by atoms with Crippen LogP contribution >= 0.6 is 12.6 Å². The second kappa shape index (κ2) is 5.98. The van der Waals surface area contributed by atoms with E-state index in [9.17, 15) is 9.59 Å². The number of rotatable bonds is 5. The monoisotopic (exact) mass is 249 g/mol. The van der Waals surface area contributed by atoms with Crippen LogP contribution in [0.25, 0.3) is 0 Å². The van der Waals surface area contributed by atoms with Gasteiger partial charge >= 0.3 is 12.1 Å². The van der Waals surface area contributed by atoms with Crippen molar-refractivity contribution in [1.29, 1.82) is 0 Å². The van der Waals surface area contributed by atoms with Crippen LogP contribution in [0.5, 0.6) is 0 Å². The number of hydrogen-bond donors (Lipinski definition) is 3. The van der Waals surface area contributed by atoms with E-state index in [-0.39, 0.29) is 5.92 Å². The zero-order valence-corrected chi connectivity index (χ0v) is 10.9. The van der Waals surface area contributed by atoms with Crippen LogP contribution in [0.1, 0.15) is 27.2 Å². The van der Waals surface area contributed by atoms with Crippen LogP contribution in [0.2, 0.25) is 0 Å². The highest BCUT2D eigenvalue weighted by Crippen LogP contribution is 2.29. The molecule has 0 radical (unpaired) electrons. The van der Waals surface area contributed by atoms with Gasteiger partial charge in [-0.05, 0) is 12.3 Å². The molecular weight excluding hydrogens is 230 g/mol. The quantitative estimate of drug-likeness (QED) is 0.646. The van der Waals surface area contributed by atoms with E-state index in [1.165, 1.54) is 7.11 Å². The first-order valence-corrected chi connectivity index (χ1v) is 5.60. The standard InChI is InChI=1S/C10H19NO4S/c1-5-10(6(2)3,7(16)8(12)13)11-9(14)15-4/h6-7,16H,5H2,1-4H3,(H,11,14)(H,12,13). The number of carboxylic acid groups (broad SMARTS) is 1. The molecule has 2 N–H and O–H groups in total. The van der Waals surface area contributed by atoms with Crippen LogP contribution in [-0.2, 0) is 9.53 Å². The molecule has 5 nitrogen and oxygen atoms in total. The summed E-state index contributed by atoms with van der Waals surface area (Å²) in [5, 5.41) is 10.6. The van der Waals surface area contributed by atoms with Gasteiger partial charge in [0.2, 0.25) is 0 Å². The van der Waals surface area contributed by atoms with E-state index in [1.807, 2.05) is 20.8 Å². The number of hydrogen-bond acceptors (Lipinski definition) is 4. The first kappa shape index (κ1) is 15.1. The van der Waals surface area contributed by atoms with Crippen LogP contribution in [0.15, 0.2) is 0 Å². The van der Waals surface area contributed by atoms with Gasteiger partial charge in [-0.3, -0.25) is 4.79 Å². The summed E-state index contributed by atoms with van der Waals surface area (Å²) >= 11 is 4.07. The molecule has 6 heteroatoms. The summed E-state index contributed by atoms with van der Waals surface area (Å²) in [5.41, 5.74) is -0.915. The molecule has 0 aliphatic heterocycles. The molecule has 0 spiro atoms. The molecule has 0 aliphatic carbocycles. The summed E-state index contributed by atoms with van der Waals surface area (Å²) in [4.78, 5) is 22.3. The minimum Gasteiger partial charge on any atom is -0.480 e. The van der Waals surface area contributed by atoms with Gasteiger partial charge in [-0.25, -0.2) is 4.79 Å². The van der Waals surface area contributed by atoms with Crippen molar-refractivity contribution in [2.75, 3.05) is 7.11 Å². The lowest BCUT2D eigenvalue weighted by atomic mass is 9.80. The van der Waals surface area contributed by atoms with Crippen LogP contribution in [0.3, 0.4) is 0 Å². The van der Waals surface area contributed by atoms with E-state index in [0.717, 1.165) is 0 Å². The van der Waals surface area contributed by atoms with Crippen molar-refractivity contribution < 1.29 is 19.4 Å². The Labute approximate surface area is 101 Å². The average Bonchev–Trinajstić information content (AvgIpc) is 2.23. The van der Waals surface area contributed by atoms with Gasteiger partial charge in [0.25, 0.3) is 0 Å². The number of methoxy groups -OCH3 is 1. The van der Waals surface area contributed by atoms with E-state index in [0.29, 0.717) is 6.42 Å². The summed E-state index contributed by atoms with van der Waals surface area (Å²) in [5.74, 6) is -1.13. The van der Waals surface area contributed by atoms with Gasteiger partial charge in [-0.1, -0.05) is 20.8 Å². The van der Waals surface area contributed by atoms with Gasteiger partial charge in [-0.15, -0.1) is 0 Å². The third-order valence-electron chi connectivity index (χ3n) is 2.86. The Bertz CT molecular complexity index is 270. The molecule has 2 unspecified atom stereocenters. The summed E-state index contributed by atoms with van der Waals surface area (Å²) < 4.78 is 4.51. The minimum absolute atomic E-state index is 0.0739. The molecule has 0 bridgehead atoms. The number of ether oxygens (including phenoxy) is 1. The molecule has 0 aliphatic rings. The van der Waals surface area contributed by atoms with Crippen molar-refractivity contribution in [1.82, 2.24) is 5.32 Å². The normalized spacial score (nSPS) is 16.4. The maximum absolute atomic E-state index is 11.3. The van der Waals surface area contributed by atoms with E-state index < -0.39 is 22.9 Å². The number of thiol groups is 1. The van der Waals surface area contributed by atoms with Crippen molar-refractivity contribution in [3.8, 4) is 0 Å². The van der Waals surface area contributed by atoms with Gasteiger partial charge < -0.3 is 15.2 Å². The largest absolute Gasteiger partial charge is 0.480 e. The second-order valence-electron chi connectivity index (χ2n) is 3.91. The van der Waals surface area contributed by atoms with Crippen molar-refractivity contribution >= 4 is 24.7 Å². The number of aliphatic carboxylic acids is 1. The van der Waals surface area contributed by atoms with E-state index in [2.05, 4.69) is 22.7 Å². The number of nitrogens with one attached hydrogen (secondary N) is 1. The lowest BCUT2D eigenvalue weighted by molar-refractivity contribution is -0.138. The highest BCUT2D eigenvalue weighted by atomic mass is 32.1. The predicted molar refractivity (Wildman–Crippen MR) is 63.8 cm³/mol. The molecule has 0 heterocycles. The molecule has 2 atom stereocenters. The fourth-order valence-corrected chi connectivity index (χ4v) is 2.23. The van der Waals surface area contributed by atoms with Gasteiger partial charge in [0.15, 0.2) is 0 Å². The molecule has 1 amide bonds. The Balaban J connectivity index is 5.14. The third-order valence-corrected chi connectivity index (χ3v) is 3.54. The van der Waals surface area contributed by atoms with Gasteiger partial charge in [0, 0.05) is 0 Å². The van der Waals surface area contributed by atoms with E-state index >= 15 is 0 Å². The highest BCUT2D eigenvalue weighted by molar-refractivity contribution is 7.81. The smallest absolute Gasteiger partial charge is 0.407 e. The lowest BCUT2D eigenvalue weighted by Gasteiger charge is -2.39. The van der Waals surface area contributed by atoms with Gasteiger partial charge in [0.1, 0.15) is 5.25 Å². The number of carboxylic acids is 1. The molecule has 0 fully saturated rings. The molecule has 0 rings (SSSR count). The average molecular weight is 249 g/mol. The number of carbonyl (C=O) groups is 2. The van der Waals surface area contributed by atoms with Crippen molar-refractivity contribution in [3.63, 3.8) is 0 Å². The molecular formula is C10H19NO4S. The van der Waals surface area contributed by atoms with Crippen molar-refractivity contribution in [3.05, 3.63) is 0 Å². The van der Waals surface area contributed by atoms with Crippen LogP contribution in [-0.4, -0.2) is 35.1 Å². The molecule has 0 aromatic heterocycles. The summed E-state index contributed by atoms with van der Waals surface area (Å²) in [6, 6.07) is 0. The summed E-state index contributed by atoms with van der Waals surface area (Å²) in [6.07, 6.45) is -0.184. The van der Waals surface area contributed by atoms with Gasteiger partial charge in [-0.2, -0.15) is 12.6 Å². The molecule has 0 aromatic carbocycles. The van der Waals surface area contributed by atoms with Crippen LogP contribution in [0.4, 0.5) is 4.79 Å². The second-order valence-corrected chi connectivity index (χ2v) is 4.42. The third kappa shape index (κ3) is 3.04. The van der Waals surface area contributed by atoms with Crippen LogP contribution < -0.4 is 5.32 Å². The lowest BCUT2D eigenvalue weighted by Crippen LogP contribution is -2.60. The number of alkyl carbamates (subject to hydrolysis) is 1. The van der Waals surface area contributed by atoms with Crippen LogP contribution in [0, 0.1) is 5.92 Å². The minimum atomic E-state index is -1.06. The maximum Gasteiger partial charge on any atom is 0.407 e. The van der Waals surface area contributed by atoms with E-state index in [1.54, 1.807) is 0 Å².